The molecular weight excluding hydrogens is 280 g/mol. The molecule has 21 heavy (non-hydrogen) atoms. The second kappa shape index (κ2) is 6.76. The van der Waals surface area contributed by atoms with Crippen LogP contribution in [-0.4, -0.2) is 22.7 Å². The van der Waals surface area contributed by atoms with Gasteiger partial charge in [-0.3, -0.25) is 4.79 Å². The van der Waals surface area contributed by atoms with Crippen LogP contribution in [0.1, 0.15) is 18.1 Å². The summed E-state index contributed by atoms with van der Waals surface area (Å²) in [5, 5.41) is 4.68. The molecule has 4 heteroatoms. The number of nitrogens with one attached hydrogen (secondary N) is 1. The lowest BCUT2D eigenvalue weighted by atomic mass is 10.1. The molecule has 0 radical (unpaired) electrons. The van der Waals surface area contributed by atoms with E-state index in [4.69, 9.17) is 4.98 Å². The molecule has 0 saturated carbocycles. The van der Waals surface area contributed by atoms with Gasteiger partial charge in [0, 0.05) is 11.9 Å². The largest absolute Gasteiger partial charge is 0.352 e. The zero-order valence-corrected chi connectivity index (χ0v) is 13.5. The molecule has 1 aromatic heterocycles. The Balaban J connectivity index is 2.25. The monoisotopic (exact) mass is 300 g/mol. The van der Waals surface area contributed by atoms with Crippen molar-refractivity contribution < 1.29 is 4.79 Å². The van der Waals surface area contributed by atoms with Gasteiger partial charge >= 0.3 is 0 Å². The van der Waals surface area contributed by atoms with Gasteiger partial charge in [0.1, 0.15) is 0 Å². The van der Waals surface area contributed by atoms with Crippen molar-refractivity contribution in [3.63, 3.8) is 0 Å². The molecule has 0 bridgehead atoms. The van der Waals surface area contributed by atoms with E-state index in [2.05, 4.69) is 37.9 Å². The van der Waals surface area contributed by atoms with Gasteiger partial charge in [0.15, 0.2) is 0 Å². The summed E-state index contributed by atoms with van der Waals surface area (Å²) in [7, 11) is 0. The number of para-hydroxylation sites is 1. The molecule has 0 fully saturated rings. The van der Waals surface area contributed by atoms with E-state index in [1.807, 2.05) is 19.1 Å². The first-order valence-corrected chi connectivity index (χ1v) is 7.83. The Kier molecular flexibility index (Phi) is 5.02. The van der Waals surface area contributed by atoms with Crippen molar-refractivity contribution in [2.75, 3.05) is 6.54 Å². The lowest BCUT2D eigenvalue weighted by Gasteiger charge is -2.12. The van der Waals surface area contributed by atoms with Crippen molar-refractivity contribution in [1.82, 2.24) is 10.3 Å². The minimum Gasteiger partial charge on any atom is -0.352 e. The van der Waals surface area contributed by atoms with Crippen LogP contribution in [0.5, 0.6) is 0 Å². The molecule has 0 unspecified atom stereocenters. The highest BCUT2D eigenvalue weighted by molar-refractivity contribution is 8.00. The lowest BCUT2D eigenvalue weighted by Crippen LogP contribution is -2.30. The van der Waals surface area contributed by atoms with Gasteiger partial charge < -0.3 is 5.32 Å². The van der Waals surface area contributed by atoms with Gasteiger partial charge in [-0.2, -0.15) is 0 Å². The van der Waals surface area contributed by atoms with E-state index in [1.165, 1.54) is 22.7 Å². The molecule has 1 atom stereocenters. The highest BCUT2D eigenvalue weighted by atomic mass is 32.2. The molecule has 1 heterocycles. The Labute approximate surface area is 129 Å². The van der Waals surface area contributed by atoms with Crippen LogP contribution in [0.3, 0.4) is 0 Å². The minimum absolute atomic E-state index is 0.00392. The smallest absolute Gasteiger partial charge is 0.233 e. The van der Waals surface area contributed by atoms with Crippen LogP contribution in [0.25, 0.3) is 10.9 Å². The maximum atomic E-state index is 11.9. The van der Waals surface area contributed by atoms with E-state index in [9.17, 15) is 4.79 Å². The molecule has 110 valence electrons. The van der Waals surface area contributed by atoms with Gasteiger partial charge in [0.2, 0.25) is 5.91 Å². The first-order chi connectivity index (χ1) is 10.0. The number of hydrogen-bond acceptors (Lipinski definition) is 3. The van der Waals surface area contributed by atoms with Crippen molar-refractivity contribution >= 4 is 28.6 Å². The van der Waals surface area contributed by atoms with Crippen molar-refractivity contribution in [2.45, 2.75) is 31.0 Å². The van der Waals surface area contributed by atoms with E-state index >= 15 is 0 Å². The van der Waals surface area contributed by atoms with Gasteiger partial charge in [-0.25, -0.2) is 4.98 Å². The maximum absolute atomic E-state index is 11.9. The maximum Gasteiger partial charge on any atom is 0.233 e. The number of nitrogens with zero attached hydrogens (tertiary/aromatic N) is 1. The third-order valence-corrected chi connectivity index (χ3v) is 4.33. The fourth-order valence-electron chi connectivity index (χ4n) is 2.14. The highest BCUT2D eigenvalue weighted by Gasteiger charge is 2.15. The van der Waals surface area contributed by atoms with Crippen molar-refractivity contribution in [1.29, 1.82) is 0 Å². The third-order valence-electron chi connectivity index (χ3n) is 3.31. The topological polar surface area (TPSA) is 42.0 Å². The predicted octanol–water partition coefficient (Wildman–Crippen LogP) is 3.63. The molecule has 0 aliphatic carbocycles. The van der Waals surface area contributed by atoms with Crippen LogP contribution in [-0.2, 0) is 4.79 Å². The first-order valence-electron chi connectivity index (χ1n) is 6.95. The van der Waals surface area contributed by atoms with Crippen molar-refractivity contribution in [2.24, 2.45) is 0 Å². The zero-order valence-electron chi connectivity index (χ0n) is 12.6. The summed E-state index contributed by atoms with van der Waals surface area (Å²) in [4.78, 5) is 16.6. The number of amides is 1. The molecule has 3 nitrogen and oxygen atoms in total. The molecule has 1 amide bonds. The Hall–Kier alpha value is -1.81. The summed E-state index contributed by atoms with van der Waals surface area (Å²) >= 11 is 1.48. The molecule has 1 aromatic carbocycles. The number of rotatable bonds is 5. The van der Waals surface area contributed by atoms with Gasteiger partial charge in [0.25, 0.3) is 0 Å². The van der Waals surface area contributed by atoms with Crippen molar-refractivity contribution in [3.05, 3.63) is 48.0 Å². The van der Waals surface area contributed by atoms with E-state index in [0.29, 0.717) is 6.54 Å². The molecule has 2 aromatic rings. The van der Waals surface area contributed by atoms with E-state index in [0.717, 1.165) is 16.1 Å². The second-order valence-corrected chi connectivity index (χ2v) is 6.40. The molecular formula is C17H20N2OS. The van der Waals surface area contributed by atoms with Crippen molar-refractivity contribution in [3.8, 4) is 0 Å². The minimum atomic E-state index is -0.182. The number of hydrogen-bond donors (Lipinski definition) is 1. The van der Waals surface area contributed by atoms with Crippen LogP contribution in [0, 0.1) is 13.8 Å². The summed E-state index contributed by atoms with van der Waals surface area (Å²) in [6, 6.07) is 8.23. The quantitative estimate of drug-likeness (QED) is 0.677. The molecule has 0 aliphatic rings. The lowest BCUT2D eigenvalue weighted by molar-refractivity contribution is -0.120. The van der Waals surface area contributed by atoms with Gasteiger partial charge in [-0.05, 0) is 38.0 Å². The normalized spacial score (nSPS) is 12.1. The predicted molar refractivity (Wildman–Crippen MR) is 89.7 cm³/mol. The SMILES string of the molecule is C=CCNC(=O)[C@H](C)Sc1cc(C)c2cccc(C)c2n1. The number of aromatic nitrogens is 1. The molecule has 1 N–H and O–H groups in total. The molecule has 0 spiro atoms. The van der Waals surface area contributed by atoms with Gasteiger partial charge in [-0.15, -0.1) is 6.58 Å². The average Bonchev–Trinajstić information content (AvgIpc) is 2.46. The van der Waals surface area contributed by atoms with Crippen LogP contribution in [0.2, 0.25) is 0 Å². The Bertz CT molecular complexity index is 682. The Morgan fingerprint density at radius 3 is 2.90 bits per heavy atom. The fourth-order valence-corrected chi connectivity index (χ4v) is 3.08. The number of fused-ring (bicyclic) bond motifs is 1. The van der Waals surface area contributed by atoms with E-state index < -0.39 is 0 Å². The molecule has 2 rings (SSSR count). The molecule has 0 saturated heterocycles. The number of aryl methyl sites for hydroxylation is 2. The fraction of sp³-hybridized carbons (Fsp3) is 0.294. The van der Waals surface area contributed by atoms with Gasteiger partial charge in [-0.1, -0.05) is 36.0 Å². The zero-order chi connectivity index (χ0) is 15.4. The summed E-state index contributed by atoms with van der Waals surface area (Å²) in [6.07, 6.45) is 1.68. The van der Waals surface area contributed by atoms with Gasteiger partial charge in [0.05, 0.1) is 15.8 Å². The number of carbonyl (C=O) groups is 1. The number of benzene rings is 1. The van der Waals surface area contributed by atoms with Crippen LogP contribution in [0.15, 0.2) is 41.9 Å². The molecule has 0 aliphatic heterocycles. The number of thioether (sulfide) groups is 1. The summed E-state index contributed by atoms with van der Waals surface area (Å²) in [5.74, 6) is 0.00392. The third kappa shape index (κ3) is 3.64. The number of pyridine rings is 1. The highest BCUT2D eigenvalue weighted by Crippen LogP contribution is 2.27. The Morgan fingerprint density at radius 1 is 1.43 bits per heavy atom. The van der Waals surface area contributed by atoms with E-state index in [1.54, 1.807) is 6.08 Å². The summed E-state index contributed by atoms with van der Waals surface area (Å²) in [6.45, 7) is 10.1. The second-order valence-electron chi connectivity index (χ2n) is 5.04. The number of carbonyl (C=O) groups excluding carboxylic acids is 1. The Morgan fingerprint density at radius 2 is 2.19 bits per heavy atom. The van der Waals surface area contributed by atoms with Crippen LogP contribution in [0.4, 0.5) is 0 Å². The summed E-state index contributed by atoms with van der Waals surface area (Å²) in [5.41, 5.74) is 3.35. The average molecular weight is 300 g/mol. The standard InChI is InChI=1S/C17H20N2OS/c1-5-9-18-17(20)13(4)21-15-10-12(3)14-8-6-7-11(2)16(14)19-15/h5-8,10,13H,1,9H2,2-4H3,(H,18,20)/t13-/m0/s1. The first kappa shape index (κ1) is 15.6. The van der Waals surface area contributed by atoms with E-state index in [-0.39, 0.29) is 11.2 Å². The van der Waals surface area contributed by atoms with Crippen LogP contribution < -0.4 is 5.32 Å². The van der Waals surface area contributed by atoms with Crippen LogP contribution >= 0.6 is 11.8 Å². The summed E-state index contributed by atoms with van der Waals surface area (Å²) < 4.78 is 0.